The van der Waals surface area contributed by atoms with Crippen LogP contribution in [0.5, 0.6) is 0 Å². The van der Waals surface area contributed by atoms with E-state index in [1.54, 1.807) is 12.1 Å². The number of aliphatic imine (C=N–C) groups is 1. The number of amidine groups is 1. The summed E-state index contributed by atoms with van der Waals surface area (Å²) in [5.74, 6) is -1.35. The Kier molecular flexibility index (Phi) is 7.20. The van der Waals surface area contributed by atoms with Crippen LogP contribution < -0.4 is 5.32 Å². The molecule has 1 saturated heterocycles. The Labute approximate surface area is 202 Å². The number of halogens is 4. The third kappa shape index (κ3) is 6.27. The summed E-state index contributed by atoms with van der Waals surface area (Å²) < 4.78 is 52.7. The van der Waals surface area contributed by atoms with Crippen molar-refractivity contribution in [1.82, 2.24) is 4.90 Å². The van der Waals surface area contributed by atoms with Crippen LogP contribution in [0.2, 0.25) is 0 Å². The normalized spacial score (nSPS) is 17.5. The highest BCUT2D eigenvalue weighted by molar-refractivity contribution is 8.15. The van der Waals surface area contributed by atoms with Gasteiger partial charge in [-0.1, -0.05) is 48.2 Å². The van der Waals surface area contributed by atoms with Crippen LogP contribution in [0.4, 0.5) is 28.9 Å². The van der Waals surface area contributed by atoms with E-state index in [0.717, 1.165) is 29.5 Å². The number of hydrogen-bond donors (Lipinski definition) is 1. The fourth-order valence-electron chi connectivity index (χ4n) is 3.38. The first kappa shape index (κ1) is 24.5. The molecular formula is C25H19F4N3O2S. The molecule has 1 fully saturated rings. The predicted molar refractivity (Wildman–Crippen MR) is 127 cm³/mol. The molecule has 1 aliphatic rings. The van der Waals surface area contributed by atoms with Crippen LogP contribution in [0.25, 0.3) is 0 Å². The second-order valence-electron chi connectivity index (χ2n) is 7.71. The molecule has 5 nitrogen and oxygen atoms in total. The number of nitrogens with one attached hydrogen (secondary N) is 1. The van der Waals surface area contributed by atoms with Crippen LogP contribution in [0.1, 0.15) is 17.5 Å². The minimum Gasteiger partial charge on any atom is -0.325 e. The van der Waals surface area contributed by atoms with E-state index >= 15 is 0 Å². The van der Waals surface area contributed by atoms with Gasteiger partial charge in [0.2, 0.25) is 11.8 Å². The summed E-state index contributed by atoms with van der Waals surface area (Å²) >= 11 is 0.989. The van der Waals surface area contributed by atoms with Crippen LogP contribution in [-0.4, -0.2) is 27.1 Å². The lowest BCUT2D eigenvalue weighted by Crippen LogP contribution is -2.44. The summed E-state index contributed by atoms with van der Waals surface area (Å²) in [7, 11) is 0. The zero-order valence-electron chi connectivity index (χ0n) is 18.1. The highest BCUT2D eigenvalue weighted by Crippen LogP contribution is 2.34. The summed E-state index contributed by atoms with van der Waals surface area (Å²) in [5.41, 5.74) is 0.291. The van der Waals surface area contributed by atoms with Gasteiger partial charge in [0.25, 0.3) is 0 Å². The summed E-state index contributed by atoms with van der Waals surface area (Å²) in [5, 5.41) is 1.88. The Morgan fingerprint density at radius 1 is 1.03 bits per heavy atom. The van der Waals surface area contributed by atoms with Crippen molar-refractivity contribution in [1.29, 1.82) is 0 Å². The molecule has 1 atom stereocenters. The topological polar surface area (TPSA) is 61.8 Å². The van der Waals surface area contributed by atoms with Crippen molar-refractivity contribution < 1.29 is 27.2 Å². The van der Waals surface area contributed by atoms with Gasteiger partial charge in [-0.05, 0) is 48.0 Å². The highest BCUT2D eigenvalue weighted by atomic mass is 32.2. The molecule has 10 heteroatoms. The maximum absolute atomic E-state index is 13.2. The number of carbonyl (C=O) groups is 2. The smallest absolute Gasteiger partial charge is 0.325 e. The van der Waals surface area contributed by atoms with E-state index in [9.17, 15) is 27.2 Å². The minimum atomic E-state index is -4.55. The standard InChI is InChI=1S/C25H19F4N3O2S/c26-18-9-11-19(12-10-18)30-23(34)21-14-22(33)32(15-16-5-2-1-3-6-16)24(35-21)31-20-8-4-7-17(13-20)25(27,28)29/h1-13,21H,14-15H2,(H,30,34). The third-order valence-electron chi connectivity index (χ3n) is 5.13. The largest absolute Gasteiger partial charge is 0.416 e. The quantitative estimate of drug-likeness (QED) is 0.436. The number of nitrogens with zero attached hydrogens (tertiary/aromatic N) is 2. The number of thioether (sulfide) groups is 1. The van der Waals surface area contributed by atoms with Crippen molar-refractivity contribution in [2.75, 3.05) is 5.32 Å². The first-order valence-electron chi connectivity index (χ1n) is 10.5. The van der Waals surface area contributed by atoms with Crippen LogP contribution >= 0.6 is 11.8 Å². The molecule has 1 N–H and O–H groups in total. The minimum absolute atomic E-state index is 0.00720. The van der Waals surface area contributed by atoms with Crippen LogP contribution in [0, 0.1) is 5.82 Å². The average Bonchev–Trinajstić information content (AvgIpc) is 2.83. The summed E-state index contributed by atoms with van der Waals surface area (Å²) in [6, 6.07) is 18.7. The number of hydrogen-bond acceptors (Lipinski definition) is 4. The molecule has 0 radical (unpaired) electrons. The third-order valence-corrected chi connectivity index (χ3v) is 6.31. The van der Waals surface area contributed by atoms with Gasteiger partial charge in [0.15, 0.2) is 5.17 Å². The van der Waals surface area contributed by atoms with E-state index in [1.165, 1.54) is 41.3 Å². The maximum atomic E-state index is 13.2. The van der Waals surface area contributed by atoms with Crippen molar-refractivity contribution in [2.45, 2.75) is 24.4 Å². The summed E-state index contributed by atoms with van der Waals surface area (Å²) in [4.78, 5) is 31.6. The van der Waals surface area contributed by atoms with Gasteiger partial charge in [0.05, 0.1) is 17.8 Å². The molecule has 0 aromatic heterocycles. The zero-order valence-corrected chi connectivity index (χ0v) is 18.9. The van der Waals surface area contributed by atoms with Crippen molar-refractivity contribution in [3.05, 3.63) is 95.8 Å². The van der Waals surface area contributed by atoms with E-state index < -0.39 is 34.6 Å². The molecule has 35 heavy (non-hydrogen) atoms. The molecule has 0 spiro atoms. The van der Waals surface area contributed by atoms with Crippen LogP contribution in [0.3, 0.4) is 0 Å². The Bertz CT molecular complexity index is 1250. The molecule has 180 valence electrons. The van der Waals surface area contributed by atoms with Gasteiger partial charge in [0.1, 0.15) is 11.1 Å². The lowest BCUT2D eigenvalue weighted by atomic mass is 10.2. The van der Waals surface area contributed by atoms with Gasteiger partial charge in [-0.25, -0.2) is 9.38 Å². The SMILES string of the molecule is O=C(Nc1ccc(F)cc1)C1CC(=O)N(Cc2ccccc2)C(=Nc2cccc(C(F)(F)F)c2)S1. The van der Waals surface area contributed by atoms with Crippen LogP contribution in [-0.2, 0) is 22.3 Å². The van der Waals surface area contributed by atoms with E-state index in [0.29, 0.717) is 5.69 Å². The Morgan fingerprint density at radius 2 is 1.74 bits per heavy atom. The molecule has 1 unspecified atom stereocenters. The predicted octanol–water partition coefficient (Wildman–Crippen LogP) is 6.01. The molecule has 3 aromatic rings. The van der Waals surface area contributed by atoms with Gasteiger partial charge in [-0.3, -0.25) is 14.5 Å². The van der Waals surface area contributed by atoms with Gasteiger partial charge < -0.3 is 5.32 Å². The maximum Gasteiger partial charge on any atom is 0.416 e. The Morgan fingerprint density at radius 3 is 2.43 bits per heavy atom. The Balaban J connectivity index is 1.63. The summed E-state index contributed by atoms with van der Waals surface area (Å²) in [6.07, 6.45) is -4.68. The highest BCUT2D eigenvalue weighted by Gasteiger charge is 2.36. The van der Waals surface area contributed by atoms with E-state index in [1.807, 2.05) is 18.2 Å². The van der Waals surface area contributed by atoms with Gasteiger partial charge >= 0.3 is 6.18 Å². The number of benzene rings is 3. The van der Waals surface area contributed by atoms with Crippen molar-refractivity contribution in [3.8, 4) is 0 Å². The van der Waals surface area contributed by atoms with E-state index in [2.05, 4.69) is 10.3 Å². The summed E-state index contributed by atoms with van der Waals surface area (Å²) in [6.45, 7) is 0.150. The fraction of sp³-hybridized carbons (Fsp3) is 0.160. The molecule has 4 rings (SSSR count). The van der Waals surface area contributed by atoms with Crippen LogP contribution in [0.15, 0.2) is 83.9 Å². The molecule has 1 aliphatic heterocycles. The van der Waals surface area contributed by atoms with E-state index in [-0.39, 0.29) is 23.8 Å². The number of alkyl halides is 3. The molecule has 3 aromatic carbocycles. The first-order valence-corrected chi connectivity index (χ1v) is 11.4. The molecule has 0 saturated carbocycles. The van der Waals surface area contributed by atoms with Gasteiger partial charge in [-0.15, -0.1) is 0 Å². The van der Waals surface area contributed by atoms with Gasteiger partial charge in [-0.2, -0.15) is 13.2 Å². The van der Waals surface area contributed by atoms with E-state index in [4.69, 9.17) is 0 Å². The number of rotatable bonds is 5. The molecule has 0 bridgehead atoms. The molecule has 2 amide bonds. The zero-order chi connectivity index (χ0) is 25.0. The second kappa shape index (κ2) is 10.3. The number of carbonyl (C=O) groups excluding carboxylic acids is 2. The van der Waals surface area contributed by atoms with Gasteiger partial charge in [0, 0.05) is 12.1 Å². The number of amides is 2. The molecule has 0 aliphatic carbocycles. The monoisotopic (exact) mass is 501 g/mol. The number of anilines is 1. The molecular weight excluding hydrogens is 482 g/mol. The van der Waals surface area contributed by atoms with Crippen molar-refractivity contribution in [2.24, 2.45) is 4.99 Å². The Hall–Kier alpha value is -3.66. The second-order valence-corrected chi connectivity index (χ2v) is 8.88. The average molecular weight is 502 g/mol. The van der Waals surface area contributed by atoms with Crippen molar-refractivity contribution in [3.63, 3.8) is 0 Å². The first-order chi connectivity index (χ1) is 16.7. The molecule has 1 heterocycles. The van der Waals surface area contributed by atoms with Crippen molar-refractivity contribution >= 4 is 40.1 Å². The fourth-order valence-corrected chi connectivity index (χ4v) is 4.48. The lowest BCUT2D eigenvalue weighted by Gasteiger charge is -2.32. The lowest BCUT2D eigenvalue weighted by molar-refractivity contribution is -0.137.